The van der Waals surface area contributed by atoms with Crippen molar-refractivity contribution in [3.63, 3.8) is 0 Å². The third kappa shape index (κ3) is 6.03. The summed E-state index contributed by atoms with van der Waals surface area (Å²) in [7, 11) is 1.33. The van der Waals surface area contributed by atoms with Crippen molar-refractivity contribution >= 4 is 17.9 Å². The highest BCUT2D eigenvalue weighted by molar-refractivity contribution is 5.86. The summed E-state index contributed by atoms with van der Waals surface area (Å²) >= 11 is 0. The van der Waals surface area contributed by atoms with E-state index in [1.165, 1.54) is 12.7 Å². The van der Waals surface area contributed by atoms with Crippen molar-refractivity contribution in [1.82, 2.24) is 15.1 Å². The Morgan fingerprint density at radius 2 is 1.97 bits per heavy atom. The van der Waals surface area contributed by atoms with Gasteiger partial charge in [-0.1, -0.05) is 36.4 Å². The number of nitriles is 1. The first-order valence-electron chi connectivity index (χ1n) is 12.4. The Bertz CT molecular complexity index is 1140. The summed E-state index contributed by atoms with van der Waals surface area (Å²) in [6.45, 7) is 1.95. The zero-order chi connectivity index (χ0) is 25.5. The van der Waals surface area contributed by atoms with E-state index < -0.39 is 11.9 Å². The van der Waals surface area contributed by atoms with Crippen LogP contribution < -0.4 is 5.32 Å². The first-order chi connectivity index (χ1) is 17.5. The Labute approximate surface area is 211 Å². The molecule has 3 amide bonds. The molecule has 0 saturated carbocycles. The Kier molecular flexibility index (Phi) is 8.21. The van der Waals surface area contributed by atoms with Crippen molar-refractivity contribution in [3.8, 4) is 6.07 Å². The second kappa shape index (κ2) is 11.7. The number of fused-ring (bicyclic) bond motifs is 1. The van der Waals surface area contributed by atoms with E-state index in [4.69, 9.17) is 4.74 Å². The minimum absolute atomic E-state index is 0.0522. The highest BCUT2D eigenvalue weighted by atomic mass is 16.5. The smallest absolute Gasteiger partial charge is 0.317 e. The third-order valence-corrected chi connectivity index (χ3v) is 7.10. The van der Waals surface area contributed by atoms with E-state index in [1.807, 2.05) is 41.3 Å². The summed E-state index contributed by atoms with van der Waals surface area (Å²) in [6, 6.07) is 17.5. The van der Waals surface area contributed by atoms with Crippen LogP contribution in [-0.4, -0.2) is 60.5 Å². The van der Waals surface area contributed by atoms with Crippen LogP contribution >= 0.6 is 0 Å². The summed E-state index contributed by atoms with van der Waals surface area (Å²) in [5.41, 5.74) is 3.95. The molecular weight excluding hydrogens is 456 g/mol. The maximum atomic E-state index is 13.1. The van der Waals surface area contributed by atoms with Gasteiger partial charge < -0.3 is 19.9 Å². The average molecular weight is 489 g/mol. The molecule has 2 atom stereocenters. The molecule has 0 radical (unpaired) electrons. The molecule has 36 heavy (non-hydrogen) atoms. The summed E-state index contributed by atoms with van der Waals surface area (Å²) in [5.74, 6) is -0.878. The second-order valence-electron chi connectivity index (χ2n) is 9.44. The number of urea groups is 1. The van der Waals surface area contributed by atoms with Crippen LogP contribution in [0.5, 0.6) is 0 Å². The first kappa shape index (κ1) is 25.2. The number of carbonyl (C=O) groups excluding carboxylic acids is 3. The highest BCUT2D eigenvalue weighted by Gasteiger charge is 2.40. The van der Waals surface area contributed by atoms with Crippen LogP contribution in [0.2, 0.25) is 0 Å². The minimum atomic E-state index is -0.428. The number of amides is 3. The summed E-state index contributed by atoms with van der Waals surface area (Å²) < 4.78 is 4.79. The molecule has 1 N–H and O–H groups in total. The maximum absolute atomic E-state index is 13.1. The van der Waals surface area contributed by atoms with E-state index >= 15 is 0 Å². The van der Waals surface area contributed by atoms with E-state index in [1.54, 1.807) is 4.90 Å². The molecule has 2 heterocycles. The lowest BCUT2D eigenvalue weighted by molar-refractivity contribution is -0.144. The fraction of sp³-hybridized carbons (Fsp3) is 0.429. The number of nitrogens with one attached hydrogen (secondary N) is 1. The normalized spacial score (nSPS) is 18.9. The molecule has 0 spiro atoms. The van der Waals surface area contributed by atoms with Gasteiger partial charge >= 0.3 is 12.0 Å². The van der Waals surface area contributed by atoms with Crippen molar-refractivity contribution < 1.29 is 19.1 Å². The Balaban J connectivity index is 1.36. The standard InChI is InChI=1S/C28H32N4O4/c1-36-26(33)16-23-15-25(32(27(23)34)12-5-8-20-6-3-2-4-7-20)18-30-28(35)31-13-11-22-10-9-21(17-29)14-24(22)19-31/h2-4,6-7,9-10,14,23,25H,5,8,11-13,15-16,18-19H2,1H3,(H,30,35)/t23-,25-/m0/s1. The van der Waals surface area contributed by atoms with Gasteiger partial charge in [0.15, 0.2) is 0 Å². The molecule has 2 aromatic rings. The number of benzene rings is 2. The number of nitrogens with zero attached hydrogens (tertiary/aromatic N) is 3. The Morgan fingerprint density at radius 3 is 2.72 bits per heavy atom. The first-order valence-corrected chi connectivity index (χ1v) is 12.4. The lowest BCUT2D eigenvalue weighted by atomic mass is 9.98. The topological polar surface area (TPSA) is 103 Å². The largest absolute Gasteiger partial charge is 0.469 e. The molecule has 1 fully saturated rings. The predicted octanol–water partition coefficient (Wildman–Crippen LogP) is 3.04. The SMILES string of the molecule is COC(=O)C[C@@H]1C[C@@H](CNC(=O)N2CCc3ccc(C#N)cc3C2)N(CCCc2ccccc2)C1=O. The van der Waals surface area contributed by atoms with Gasteiger partial charge in [-0.2, -0.15) is 5.26 Å². The molecule has 1 saturated heterocycles. The van der Waals surface area contributed by atoms with Gasteiger partial charge in [0.05, 0.1) is 31.1 Å². The van der Waals surface area contributed by atoms with E-state index in [-0.39, 0.29) is 24.4 Å². The fourth-order valence-corrected chi connectivity index (χ4v) is 5.13. The van der Waals surface area contributed by atoms with Gasteiger partial charge in [0.2, 0.25) is 5.91 Å². The number of likely N-dealkylation sites (tertiary alicyclic amines) is 1. The quantitative estimate of drug-likeness (QED) is 0.576. The molecule has 8 nitrogen and oxygen atoms in total. The number of aryl methyl sites for hydroxylation is 1. The third-order valence-electron chi connectivity index (χ3n) is 7.10. The van der Waals surface area contributed by atoms with Gasteiger partial charge in [-0.15, -0.1) is 0 Å². The average Bonchev–Trinajstić information content (AvgIpc) is 3.20. The number of hydrogen-bond acceptors (Lipinski definition) is 5. The Hall–Kier alpha value is -3.86. The van der Waals surface area contributed by atoms with Crippen molar-refractivity contribution in [2.45, 2.75) is 44.7 Å². The minimum Gasteiger partial charge on any atom is -0.469 e. The number of methoxy groups -OCH3 is 1. The van der Waals surface area contributed by atoms with E-state index in [0.29, 0.717) is 38.2 Å². The number of rotatable bonds is 8. The van der Waals surface area contributed by atoms with Gasteiger partial charge in [0.25, 0.3) is 0 Å². The van der Waals surface area contributed by atoms with Crippen molar-refractivity contribution in [2.75, 3.05) is 26.7 Å². The van der Waals surface area contributed by atoms with Crippen molar-refractivity contribution in [2.24, 2.45) is 5.92 Å². The molecule has 0 aliphatic carbocycles. The fourth-order valence-electron chi connectivity index (χ4n) is 5.13. The molecule has 4 rings (SSSR count). The van der Waals surface area contributed by atoms with Gasteiger partial charge in [-0.3, -0.25) is 9.59 Å². The molecule has 0 aromatic heterocycles. The molecule has 0 bridgehead atoms. The summed E-state index contributed by atoms with van der Waals surface area (Å²) in [4.78, 5) is 41.5. The van der Waals surface area contributed by atoms with Crippen LogP contribution in [0.1, 0.15) is 41.5 Å². The zero-order valence-corrected chi connectivity index (χ0v) is 20.6. The molecule has 2 aliphatic heterocycles. The lowest BCUT2D eigenvalue weighted by Gasteiger charge is -2.30. The van der Waals surface area contributed by atoms with Crippen LogP contribution in [0.25, 0.3) is 0 Å². The van der Waals surface area contributed by atoms with Crippen molar-refractivity contribution in [1.29, 1.82) is 5.26 Å². The van der Waals surface area contributed by atoms with Crippen LogP contribution in [0.3, 0.4) is 0 Å². The van der Waals surface area contributed by atoms with Gasteiger partial charge in [-0.25, -0.2) is 4.79 Å². The Morgan fingerprint density at radius 1 is 1.17 bits per heavy atom. The molecule has 8 heteroatoms. The van der Waals surface area contributed by atoms with E-state index in [9.17, 15) is 19.6 Å². The van der Waals surface area contributed by atoms with Gasteiger partial charge in [0.1, 0.15) is 0 Å². The van der Waals surface area contributed by atoms with Crippen LogP contribution in [0, 0.1) is 17.2 Å². The molecule has 188 valence electrons. The second-order valence-corrected chi connectivity index (χ2v) is 9.44. The van der Waals surface area contributed by atoms with Gasteiger partial charge in [-0.05, 0) is 54.5 Å². The van der Waals surface area contributed by atoms with Crippen LogP contribution in [-0.2, 0) is 33.7 Å². The zero-order valence-electron chi connectivity index (χ0n) is 20.6. The predicted molar refractivity (Wildman–Crippen MR) is 134 cm³/mol. The number of esters is 1. The molecule has 2 aromatic carbocycles. The van der Waals surface area contributed by atoms with Crippen LogP contribution in [0.4, 0.5) is 4.79 Å². The molecular formula is C28H32N4O4. The van der Waals surface area contributed by atoms with Crippen LogP contribution in [0.15, 0.2) is 48.5 Å². The highest BCUT2D eigenvalue weighted by Crippen LogP contribution is 2.28. The summed E-state index contributed by atoms with van der Waals surface area (Å²) in [5, 5.41) is 12.2. The summed E-state index contributed by atoms with van der Waals surface area (Å²) in [6.07, 6.45) is 2.95. The number of hydrogen-bond donors (Lipinski definition) is 1. The monoisotopic (exact) mass is 488 g/mol. The van der Waals surface area contributed by atoms with Gasteiger partial charge in [0, 0.05) is 32.2 Å². The maximum Gasteiger partial charge on any atom is 0.317 e. The number of ether oxygens (including phenoxy) is 1. The number of carbonyl (C=O) groups is 3. The van der Waals surface area contributed by atoms with E-state index in [2.05, 4.69) is 23.5 Å². The molecule has 0 unspecified atom stereocenters. The van der Waals surface area contributed by atoms with Crippen molar-refractivity contribution in [3.05, 3.63) is 70.8 Å². The lowest BCUT2D eigenvalue weighted by Crippen LogP contribution is -2.48. The van der Waals surface area contributed by atoms with E-state index in [0.717, 1.165) is 30.4 Å². The molecule has 2 aliphatic rings.